The van der Waals surface area contributed by atoms with E-state index in [1.165, 1.54) is 0 Å². The van der Waals surface area contributed by atoms with E-state index < -0.39 is 6.10 Å². The third-order valence-electron chi connectivity index (χ3n) is 2.72. The number of aromatic nitrogens is 2. The monoisotopic (exact) mass is 250 g/mol. The summed E-state index contributed by atoms with van der Waals surface area (Å²) in [6.45, 7) is 6.33. The lowest BCUT2D eigenvalue weighted by Gasteiger charge is -2.19. The van der Waals surface area contributed by atoms with Gasteiger partial charge in [0.25, 0.3) is 0 Å². The van der Waals surface area contributed by atoms with E-state index >= 15 is 0 Å². The molecule has 2 aromatic rings. The lowest BCUT2D eigenvalue weighted by Crippen LogP contribution is -2.16. The molecule has 2 heterocycles. The maximum absolute atomic E-state index is 10.4. The van der Waals surface area contributed by atoms with Gasteiger partial charge in [0.1, 0.15) is 6.10 Å². The first-order chi connectivity index (χ1) is 7.89. The molecule has 3 nitrogen and oxygen atoms in total. The van der Waals surface area contributed by atoms with Crippen molar-refractivity contribution in [3.63, 3.8) is 0 Å². The van der Waals surface area contributed by atoms with Crippen LogP contribution in [0, 0.1) is 0 Å². The van der Waals surface area contributed by atoms with Crippen LogP contribution in [-0.4, -0.2) is 14.9 Å². The van der Waals surface area contributed by atoms with Crippen molar-refractivity contribution in [2.24, 2.45) is 7.05 Å². The number of hydrogen-bond donors (Lipinski definition) is 1. The fourth-order valence-electron chi connectivity index (χ4n) is 1.90. The highest BCUT2D eigenvalue weighted by atomic mass is 32.1. The molecule has 92 valence electrons. The Bertz CT molecular complexity index is 494. The smallest absolute Gasteiger partial charge is 0.108 e. The second-order valence-corrected chi connectivity index (χ2v) is 6.10. The highest BCUT2D eigenvalue weighted by molar-refractivity contribution is 7.07. The summed E-state index contributed by atoms with van der Waals surface area (Å²) in [5, 5.41) is 18.8. The van der Waals surface area contributed by atoms with Gasteiger partial charge in [0.2, 0.25) is 0 Å². The standard InChI is InChI=1S/C13H18N2OS/c1-13(2,3)12-10(7-15(4)14-12)11(16)9-5-6-17-8-9/h5-8,11,16H,1-4H3. The Hall–Kier alpha value is -1.13. The van der Waals surface area contributed by atoms with Crippen LogP contribution in [0.1, 0.15) is 43.7 Å². The molecular formula is C13H18N2OS. The van der Waals surface area contributed by atoms with Crippen LogP contribution in [0.3, 0.4) is 0 Å². The van der Waals surface area contributed by atoms with Gasteiger partial charge in [0.15, 0.2) is 0 Å². The third-order valence-corrected chi connectivity index (χ3v) is 3.42. The van der Waals surface area contributed by atoms with Gasteiger partial charge in [-0.2, -0.15) is 16.4 Å². The van der Waals surface area contributed by atoms with E-state index in [9.17, 15) is 5.11 Å². The van der Waals surface area contributed by atoms with Crippen molar-refractivity contribution in [3.8, 4) is 0 Å². The Kier molecular flexibility index (Phi) is 3.10. The van der Waals surface area contributed by atoms with E-state index in [1.807, 2.05) is 30.1 Å². The zero-order chi connectivity index (χ0) is 12.6. The molecule has 2 aromatic heterocycles. The minimum atomic E-state index is -0.579. The number of aryl methyl sites for hydroxylation is 1. The normalized spacial score (nSPS) is 13.9. The number of rotatable bonds is 2. The van der Waals surface area contributed by atoms with Crippen LogP contribution in [0.15, 0.2) is 23.0 Å². The second-order valence-electron chi connectivity index (χ2n) is 5.32. The summed E-state index contributed by atoms with van der Waals surface area (Å²) in [6, 6.07) is 1.95. The molecule has 0 aliphatic heterocycles. The summed E-state index contributed by atoms with van der Waals surface area (Å²) in [7, 11) is 1.89. The maximum Gasteiger partial charge on any atom is 0.108 e. The summed E-state index contributed by atoms with van der Waals surface area (Å²) >= 11 is 1.60. The molecule has 0 saturated carbocycles. The largest absolute Gasteiger partial charge is 0.383 e. The van der Waals surface area contributed by atoms with E-state index in [2.05, 4.69) is 25.9 Å². The minimum Gasteiger partial charge on any atom is -0.383 e. The van der Waals surface area contributed by atoms with Crippen LogP contribution in [-0.2, 0) is 12.5 Å². The number of aliphatic hydroxyl groups excluding tert-OH is 1. The van der Waals surface area contributed by atoms with Crippen molar-refractivity contribution in [1.82, 2.24) is 9.78 Å². The van der Waals surface area contributed by atoms with E-state index in [0.29, 0.717) is 0 Å². The van der Waals surface area contributed by atoms with Gasteiger partial charge in [-0.15, -0.1) is 0 Å². The van der Waals surface area contributed by atoms with Crippen molar-refractivity contribution >= 4 is 11.3 Å². The van der Waals surface area contributed by atoms with Crippen molar-refractivity contribution in [2.75, 3.05) is 0 Å². The van der Waals surface area contributed by atoms with Gasteiger partial charge >= 0.3 is 0 Å². The number of nitrogens with zero attached hydrogens (tertiary/aromatic N) is 2. The topological polar surface area (TPSA) is 38.0 Å². The Balaban J connectivity index is 2.45. The lowest BCUT2D eigenvalue weighted by atomic mass is 9.87. The zero-order valence-electron chi connectivity index (χ0n) is 10.6. The maximum atomic E-state index is 10.4. The van der Waals surface area contributed by atoms with E-state index in [1.54, 1.807) is 16.0 Å². The molecule has 0 fully saturated rings. The van der Waals surface area contributed by atoms with Gasteiger partial charge in [0, 0.05) is 24.2 Å². The first kappa shape index (κ1) is 12.3. The van der Waals surface area contributed by atoms with Crippen LogP contribution in [0.5, 0.6) is 0 Å². The minimum absolute atomic E-state index is 0.0619. The fourth-order valence-corrected chi connectivity index (χ4v) is 2.58. The summed E-state index contributed by atoms with van der Waals surface area (Å²) < 4.78 is 1.77. The highest BCUT2D eigenvalue weighted by Crippen LogP contribution is 2.32. The summed E-state index contributed by atoms with van der Waals surface area (Å²) in [6.07, 6.45) is 1.33. The predicted octanol–water partition coefficient (Wildman–Crippen LogP) is 2.86. The number of thiophene rings is 1. The van der Waals surface area contributed by atoms with Crippen molar-refractivity contribution in [3.05, 3.63) is 39.8 Å². The fraction of sp³-hybridized carbons (Fsp3) is 0.462. The first-order valence-electron chi connectivity index (χ1n) is 5.64. The number of hydrogen-bond acceptors (Lipinski definition) is 3. The lowest BCUT2D eigenvalue weighted by molar-refractivity contribution is 0.218. The molecule has 4 heteroatoms. The molecule has 0 spiro atoms. The summed E-state index contributed by atoms with van der Waals surface area (Å²) in [4.78, 5) is 0. The summed E-state index contributed by atoms with van der Waals surface area (Å²) in [5.74, 6) is 0. The Morgan fingerprint density at radius 2 is 2.12 bits per heavy atom. The Labute approximate surface area is 106 Å². The molecule has 2 rings (SSSR count). The molecule has 0 aromatic carbocycles. The molecule has 0 aliphatic rings. The third kappa shape index (κ3) is 2.42. The van der Waals surface area contributed by atoms with Crippen LogP contribution in [0.2, 0.25) is 0 Å². The van der Waals surface area contributed by atoms with Crippen molar-refractivity contribution in [1.29, 1.82) is 0 Å². The van der Waals surface area contributed by atoms with Crippen molar-refractivity contribution < 1.29 is 5.11 Å². The SMILES string of the molecule is Cn1cc(C(O)c2ccsc2)c(C(C)(C)C)n1. The van der Waals surface area contributed by atoms with Gasteiger partial charge in [-0.25, -0.2) is 0 Å². The quantitative estimate of drug-likeness (QED) is 0.890. The van der Waals surface area contributed by atoms with Gasteiger partial charge in [-0.1, -0.05) is 20.8 Å². The predicted molar refractivity (Wildman–Crippen MR) is 70.3 cm³/mol. The molecule has 0 amide bonds. The zero-order valence-corrected chi connectivity index (χ0v) is 11.5. The van der Waals surface area contributed by atoms with E-state index in [0.717, 1.165) is 16.8 Å². The molecular weight excluding hydrogens is 232 g/mol. The molecule has 0 radical (unpaired) electrons. The average molecular weight is 250 g/mol. The van der Waals surface area contributed by atoms with Gasteiger partial charge in [0.05, 0.1) is 5.69 Å². The van der Waals surface area contributed by atoms with Crippen molar-refractivity contribution in [2.45, 2.75) is 32.3 Å². The van der Waals surface area contributed by atoms with E-state index in [-0.39, 0.29) is 5.41 Å². The van der Waals surface area contributed by atoms with Gasteiger partial charge in [-0.05, 0) is 22.4 Å². The molecule has 0 saturated heterocycles. The first-order valence-corrected chi connectivity index (χ1v) is 6.58. The Morgan fingerprint density at radius 3 is 2.65 bits per heavy atom. The molecule has 17 heavy (non-hydrogen) atoms. The highest BCUT2D eigenvalue weighted by Gasteiger charge is 2.26. The summed E-state index contributed by atoms with van der Waals surface area (Å²) in [5.41, 5.74) is 2.73. The molecule has 1 atom stereocenters. The molecule has 0 bridgehead atoms. The molecule has 0 aliphatic carbocycles. The van der Waals surface area contributed by atoms with Gasteiger partial charge < -0.3 is 5.11 Å². The molecule has 1 N–H and O–H groups in total. The van der Waals surface area contributed by atoms with Crippen LogP contribution < -0.4 is 0 Å². The van der Waals surface area contributed by atoms with Crippen LogP contribution >= 0.6 is 11.3 Å². The molecule has 1 unspecified atom stereocenters. The number of aliphatic hydroxyl groups is 1. The Morgan fingerprint density at radius 1 is 1.41 bits per heavy atom. The van der Waals surface area contributed by atoms with Crippen LogP contribution in [0.25, 0.3) is 0 Å². The second kappa shape index (κ2) is 4.27. The average Bonchev–Trinajstić information content (AvgIpc) is 2.83. The van der Waals surface area contributed by atoms with E-state index in [4.69, 9.17) is 0 Å². The van der Waals surface area contributed by atoms with Crippen LogP contribution in [0.4, 0.5) is 0 Å². The van der Waals surface area contributed by atoms with Gasteiger partial charge in [-0.3, -0.25) is 4.68 Å².